The van der Waals surface area contributed by atoms with Crippen LogP contribution in [0, 0.1) is 0 Å². The molecule has 3 rings (SSSR count). The number of hydrogen-bond donors (Lipinski definition) is 1. The molecule has 0 spiro atoms. The summed E-state index contributed by atoms with van der Waals surface area (Å²) in [4.78, 5) is 1.21. The molecule has 1 atom stereocenters. The minimum absolute atomic E-state index is 0.370. The first-order valence-corrected chi connectivity index (χ1v) is 6.98. The van der Waals surface area contributed by atoms with E-state index < -0.39 is 0 Å². The molecule has 4 nitrogen and oxygen atoms in total. The van der Waals surface area contributed by atoms with Crippen molar-refractivity contribution in [2.24, 2.45) is 0 Å². The minimum atomic E-state index is 0.370. The van der Waals surface area contributed by atoms with Crippen LogP contribution in [0.5, 0.6) is 0 Å². The maximum absolute atomic E-state index is 4.37. The molecule has 0 saturated heterocycles. The Hall–Kier alpha value is -1.20. The van der Waals surface area contributed by atoms with Crippen molar-refractivity contribution in [1.82, 2.24) is 20.1 Å². The van der Waals surface area contributed by atoms with Crippen LogP contribution < -0.4 is 5.32 Å². The second-order valence-electron chi connectivity index (χ2n) is 4.31. The summed E-state index contributed by atoms with van der Waals surface area (Å²) in [6.45, 7) is 4.18. The van der Waals surface area contributed by atoms with Crippen molar-refractivity contribution >= 4 is 11.3 Å². The lowest BCUT2D eigenvalue weighted by Crippen LogP contribution is -2.33. The van der Waals surface area contributed by atoms with E-state index in [0.717, 1.165) is 31.2 Å². The van der Waals surface area contributed by atoms with Crippen molar-refractivity contribution in [3.63, 3.8) is 0 Å². The third-order valence-electron chi connectivity index (χ3n) is 3.14. The van der Waals surface area contributed by atoms with E-state index in [0.29, 0.717) is 6.04 Å². The van der Waals surface area contributed by atoms with Crippen LogP contribution in [0.2, 0.25) is 0 Å². The lowest BCUT2D eigenvalue weighted by molar-refractivity contribution is 0.394. The van der Waals surface area contributed by atoms with Crippen LogP contribution in [0.3, 0.4) is 0 Å². The highest BCUT2D eigenvalue weighted by Crippen LogP contribution is 2.28. The molecule has 1 aliphatic rings. The average molecular weight is 248 g/mol. The number of thiophene rings is 1. The number of aromatic nitrogens is 3. The van der Waals surface area contributed by atoms with Crippen molar-refractivity contribution < 1.29 is 0 Å². The Morgan fingerprint density at radius 3 is 3.24 bits per heavy atom. The first-order valence-electron chi connectivity index (χ1n) is 6.10. The van der Waals surface area contributed by atoms with E-state index in [1.165, 1.54) is 11.3 Å². The van der Waals surface area contributed by atoms with Gasteiger partial charge in [-0.1, -0.05) is 19.4 Å². The summed E-state index contributed by atoms with van der Waals surface area (Å²) in [6.07, 6.45) is 2.29. The maximum Gasteiger partial charge on any atom is 0.174 e. The number of hydrogen-bond acceptors (Lipinski definition) is 4. The Labute approximate surface area is 105 Å². The summed E-state index contributed by atoms with van der Waals surface area (Å²) in [7, 11) is 0. The standard InChI is InChI=1S/C12H16N4S/c1-2-4-9-11-14-15-12(10-5-3-8-17-10)16(11)7-6-13-9/h3,5,8-9,13H,2,4,6-7H2,1H3. The van der Waals surface area contributed by atoms with Gasteiger partial charge >= 0.3 is 0 Å². The SMILES string of the molecule is CCCC1NCCn2c(-c3cccs3)nnc21. The average Bonchev–Trinajstić information content (AvgIpc) is 2.97. The fraction of sp³-hybridized carbons (Fsp3) is 0.500. The predicted octanol–water partition coefficient (Wildman–Crippen LogP) is 2.45. The first-order chi connectivity index (χ1) is 8.40. The van der Waals surface area contributed by atoms with Gasteiger partial charge in [-0.3, -0.25) is 0 Å². The molecule has 90 valence electrons. The zero-order valence-corrected chi connectivity index (χ0v) is 10.7. The van der Waals surface area contributed by atoms with E-state index in [-0.39, 0.29) is 0 Å². The smallest absolute Gasteiger partial charge is 0.174 e. The molecule has 1 N–H and O–H groups in total. The van der Waals surface area contributed by atoms with E-state index in [1.54, 1.807) is 11.3 Å². The van der Waals surface area contributed by atoms with Gasteiger partial charge in [-0.05, 0) is 17.9 Å². The summed E-state index contributed by atoms with van der Waals surface area (Å²) >= 11 is 1.72. The van der Waals surface area contributed by atoms with E-state index in [4.69, 9.17) is 0 Å². The summed E-state index contributed by atoms with van der Waals surface area (Å²) < 4.78 is 2.27. The highest BCUT2D eigenvalue weighted by molar-refractivity contribution is 7.13. The molecule has 1 aliphatic heterocycles. The quantitative estimate of drug-likeness (QED) is 0.907. The Morgan fingerprint density at radius 1 is 1.53 bits per heavy atom. The zero-order chi connectivity index (χ0) is 11.7. The second kappa shape index (κ2) is 4.58. The van der Waals surface area contributed by atoms with Crippen molar-refractivity contribution in [1.29, 1.82) is 0 Å². The third kappa shape index (κ3) is 1.89. The molecule has 0 fully saturated rings. The molecule has 0 amide bonds. The van der Waals surface area contributed by atoms with E-state index in [9.17, 15) is 0 Å². The first kappa shape index (κ1) is 10.9. The van der Waals surface area contributed by atoms with Gasteiger partial charge in [0.1, 0.15) is 0 Å². The molecule has 5 heteroatoms. The van der Waals surface area contributed by atoms with Crippen molar-refractivity contribution in [2.75, 3.05) is 6.54 Å². The highest BCUT2D eigenvalue weighted by atomic mass is 32.1. The fourth-order valence-corrected chi connectivity index (χ4v) is 3.06. The topological polar surface area (TPSA) is 42.7 Å². The monoisotopic (exact) mass is 248 g/mol. The fourth-order valence-electron chi connectivity index (χ4n) is 2.34. The number of nitrogens with zero attached hydrogens (tertiary/aromatic N) is 3. The van der Waals surface area contributed by atoms with E-state index >= 15 is 0 Å². The molecule has 1 unspecified atom stereocenters. The van der Waals surface area contributed by atoms with Gasteiger partial charge in [0, 0.05) is 13.1 Å². The summed E-state index contributed by atoms with van der Waals surface area (Å²) in [5.74, 6) is 2.12. The van der Waals surface area contributed by atoms with Crippen LogP contribution in [-0.4, -0.2) is 21.3 Å². The summed E-state index contributed by atoms with van der Waals surface area (Å²) in [6, 6.07) is 4.54. The van der Waals surface area contributed by atoms with Crippen LogP contribution in [-0.2, 0) is 6.54 Å². The largest absolute Gasteiger partial charge is 0.308 e. The molecule has 3 heterocycles. The minimum Gasteiger partial charge on any atom is -0.308 e. The van der Waals surface area contributed by atoms with Gasteiger partial charge in [-0.2, -0.15) is 0 Å². The maximum atomic E-state index is 4.37. The molecule has 0 radical (unpaired) electrons. The van der Waals surface area contributed by atoms with Gasteiger partial charge in [0.15, 0.2) is 11.6 Å². The second-order valence-corrected chi connectivity index (χ2v) is 5.25. The summed E-state index contributed by atoms with van der Waals surface area (Å²) in [5.41, 5.74) is 0. The molecule has 2 aromatic rings. The van der Waals surface area contributed by atoms with E-state index in [2.05, 4.69) is 44.5 Å². The molecule has 17 heavy (non-hydrogen) atoms. The van der Waals surface area contributed by atoms with Crippen molar-refractivity contribution in [2.45, 2.75) is 32.4 Å². The normalized spacial score (nSPS) is 19.2. The van der Waals surface area contributed by atoms with Gasteiger partial charge < -0.3 is 9.88 Å². The van der Waals surface area contributed by atoms with Crippen LogP contribution in [0.4, 0.5) is 0 Å². The van der Waals surface area contributed by atoms with Crippen LogP contribution in [0.25, 0.3) is 10.7 Å². The van der Waals surface area contributed by atoms with Crippen molar-refractivity contribution in [3.8, 4) is 10.7 Å². The molecule has 0 aliphatic carbocycles. The van der Waals surface area contributed by atoms with Crippen LogP contribution in [0.1, 0.15) is 31.6 Å². The highest BCUT2D eigenvalue weighted by Gasteiger charge is 2.24. The zero-order valence-electron chi connectivity index (χ0n) is 9.89. The van der Waals surface area contributed by atoms with E-state index in [1.807, 2.05) is 0 Å². The Balaban J connectivity index is 1.99. The van der Waals surface area contributed by atoms with Crippen molar-refractivity contribution in [3.05, 3.63) is 23.3 Å². The van der Waals surface area contributed by atoms with Gasteiger partial charge in [-0.25, -0.2) is 0 Å². The molecule has 0 aromatic carbocycles. The van der Waals surface area contributed by atoms with Gasteiger partial charge in [0.05, 0.1) is 10.9 Å². The van der Waals surface area contributed by atoms with Gasteiger partial charge in [-0.15, -0.1) is 21.5 Å². The predicted molar refractivity (Wildman–Crippen MR) is 69.0 cm³/mol. The lowest BCUT2D eigenvalue weighted by atomic mass is 10.1. The molecule has 0 saturated carbocycles. The Bertz CT molecular complexity index is 489. The van der Waals surface area contributed by atoms with Crippen LogP contribution >= 0.6 is 11.3 Å². The lowest BCUT2D eigenvalue weighted by Gasteiger charge is -2.24. The summed E-state index contributed by atoms with van der Waals surface area (Å²) in [5, 5.41) is 14.3. The number of fused-ring (bicyclic) bond motifs is 1. The third-order valence-corrected chi connectivity index (χ3v) is 4.00. The number of nitrogens with one attached hydrogen (secondary N) is 1. The Kier molecular flexibility index (Phi) is 2.94. The van der Waals surface area contributed by atoms with Crippen LogP contribution in [0.15, 0.2) is 17.5 Å². The van der Waals surface area contributed by atoms with Gasteiger partial charge in [0.25, 0.3) is 0 Å². The molecular formula is C12H16N4S. The molecular weight excluding hydrogens is 232 g/mol. The molecule has 2 aromatic heterocycles. The number of rotatable bonds is 3. The molecule has 0 bridgehead atoms. The van der Waals surface area contributed by atoms with Gasteiger partial charge in [0.2, 0.25) is 0 Å². The Morgan fingerprint density at radius 2 is 2.47 bits per heavy atom.